The number of hydrogen-bond acceptors (Lipinski definition) is 7. The van der Waals surface area contributed by atoms with E-state index in [1.807, 2.05) is 58.9 Å². The lowest BCUT2D eigenvalue weighted by Crippen LogP contribution is -2.42. The average Bonchev–Trinajstić information content (AvgIpc) is 2.92. The molecular formula is C34H33ClN4O4. The van der Waals surface area contributed by atoms with Crippen molar-refractivity contribution in [3.63, 3.8) is 0 Å². The third kappa shape index (κ3) is 5.61. The first-order chi connectivity index (χ1) is 20.3. The van der Waals surface area contributed by atoms with Gasteiger partial charge in [0.15, 0.2) is 5.78 Å². The van der Waals surface area contributed by atoms with E-state index in [1.54, 1.807) is 23.1 Å². The Morgan fingerprint density at radius 3 is 2.51 bits per heavy atom. The molecule has 43 heavy (non-hydrogen) atoms. The van der Waals surface area contributed by atoms with Crippen molar-refractivity contribution in [2.75, 3.05) is 4.90 Å². The molecule has 2 N–H and O–H groups in total. The summed E-state index contributed by atoms with van der Waals surface area (Å²) in [4.78, 5) is 26.8. The summed E-state index contributed by atoms with van der Waals surface area (Å²) in [5.41, 5.74) is 12.7. The minimum Gasteiger partial charge on any atom is -0.489 e. The number of aryl methyl sites for hydroxylation is 3. The number of hydrogen-bond donors (Lipinski definition) is 1. The van der Waals surface area contributed by atoms with E-state index in [0.717, 1.165) is 27.8 Å². The van der Waals surface area contributed by atoms with Gasteiger partial charge < -0.3 is 10.5 Å². The maximum Gasteiger partial charge on any atom is 0.271 e. The third-order valence-electron chi connectivity index (χ3n) is 8.24. The molecule has 0 fully saturated rings. The molecule has 0 aromatic heterocycles. The van der Waals surface area contributed by atoms with Crippen molar-refractivity contribution in [3.05, 3.63) is 120 Å². The van der Waals surface area contributed by atoms with E-state index in [4.69, 9.17) is 22.1 Å². The largest absolute Gasteiger partial charge is 0.489 e. The van der Waals surface area contributed by atoms with Gasteiger partial charge >= 0.3 is 0 Å². The van der Waals surface area contributed by atoms with Gasteiger partial charge in [0.25, 0.3) is 5.69 Å². The van der Waals surface area contributed by atoms with Crippen LogP contribution in [0.4, 0.5) is 11.4 Å². The molecule has 1 unspecified atom stereocenters. The Balaban J connectivity index is 1.67. The van der Waals surface area contributed by atoms with Crippen LogP contribution in [0.5, 0.6) is 5.75 Å². The Labute approximate surface area is 256 Å². The molecule has 1 aliphatic heterocycles. The minimum absolute atomic E-state index is 0.0681. The van der Waals surface area contributed by atoms with Gasteiger partial charge in [-0.2, -0.15) is 5.26 Å². The van der Waals surface area contributed by atoms with Gasteiger partial charge in [0.1, 0.15) is 18.2 Å². The van der Waals surface area contributed by atoms with Crippen molar-refractivity contribution in [1.29, 1.82) is 5.26 Å². The topological polar surface area (TPSA) is 122 Å². The normalized spacial score (nSPS) is 17.9. The molecule has 3 aromatic rings. The molecule has 1 heterocycles. The van der Waals surface area contributed by atoms with Gasteiger partial charge in [-0.05, 0) is 84.7 Å². The van der Waals surface area contributed by atoms with E-state index >= 15 is 0 Å². The summed E-state index contributed by atoms with van der Waals surface area (Å²) in [5, 5.41) is 22.7. The van der Waals surface area contributed by atoms with Crippen LogP contribution < -0.4 is 15.4 Å². The fraction of sp³-hybridized carbons (Fsp3) is 0.294. The number of Topliss-reactive ketones (excluding diaryl/α,β-unsaturated/α-hetero) is 1. The molecule has 220 valence electrons. The molecule has 3 aromatic carbocycles. The predicted octanol–water partition coefficient (Wildman–Crippen LogP) is 7.69. The third-order valence-corrected chi connectivity index (χ3v) is 8.47. The number of rotatable bonds is 6. The molecule has 5 rings (SSSR count). The maximum absolute atomic E-state index is 14.0. The molecule has 1 aliphatic carbocycles. The van der Waals surface area contributed by atoms with E-state index < -0.39 is 10.8 Å². The van der Waals surface area contributed by atoms with Gasteiger partial charge in [-0.1, -0.05) is 43.6 Å². The first kappa shape index (κ1) is 29.9. The average molecular weight is 597 g/mol. The Morgan fingerprint density at radius 2 is 1.84 bits per heavy atom. The number of nitrogens with two attached hydrogens (primary N) is 1. The second-order valence-corrected chi connectivity index (χ2v) is 12.5. The Bertz CT molecular complexity index is 1780. The number of carbonyl (C=O) groups excluding carboxylic acids is 1. The molecule has 0 bridgehead atoms. The molecule has 0 saturated heterocycles. The van der Waals surface area contributed by atoms with Crippen LogP contribution in [-0.2, 0) is 11.4 Å². The summed E-state index contributed by atoms with van der Waals surface area (Å²) in [6.07, 6.45) is 0.809. The van der Waals surface area contributed by atoms with Crippen molar-refractivity contribution in [2.24, 2.45) is 11.1 Å². The number of nitro benzene ring substituents is 1. The van der Waals surface area contributed by atoms with Crippen LogP contribution in [0.15, 0.2) is 77.3 Å². The van der Waals surface area contributed by atoms with Gasteiger partial charge in [0.05, 0.1) is 28.2 Å². The van der Waals surface area contributed by atoms with E-state index in [1.165, 1.54) is 12.1 Å². The van der Waals surface area contributed by atoms with Gasteiger partial charge in [0, 0.05) is 34.8 Å². The number of halogens is 1. The number of allylic oxidation sites excluding steroid dienone is 3. The van der Waals surface area contributed by atoms with Gasteiger partial charge in [-0.3, -0.25) is 19.8 Å². The van der Waals surface area contributed by atoms with Gasteiger partial charge in [-0.25, -0.2) is 0 Å². The molecule has 0 amide bonds. The second-order valence-electron chi connectivity index (χ2n) is 12.1. The van der Waals surface area contributed by atoms with E-state index in [-0.39, 0.29) is 34.9 Å². The van der Waals surface area contributed by atoms with Crippen molar-refractivity contribution in [2.45, 2.75) is 60.0 Å². The number of nitro groups is 1. The quantitative estimate of drug-likeness (QED) is 0.228. The van der Waals surface area contributed by atoms with E-state index in [9.17, 15) is 20.2 Å². The van der Waals surface area contributed by atoms with E-state index in [2.05, 4.69) is 6.07 Å². The lowest BCUT2D eigenvalue weighted by atomic mass is 9.68. The Morgan fingerprint density at radius 1 is 1.09 bits per heavy atom. The highest BCUT2D eigenvalue weighted by molar-refractivity contribution is 6.30. The zero-order valence-electron chi connectivity index (χ0n) is 24.8. The Kier molecular flexibility index (Phi) is 7.80. The van der Waals surface area contributed by atoms with Crippen LogP contribution in [-0.4, -0.2) is 10.7 Å². The van der Waals surface area contributed by atoms with Crippen molar-refractivity contribution in [3.8, 4) is 11.8 Å². The maximum atomic E-state index is 14.0. The molecule has 0 radical (unpaired) electrons. The summed E-state index contributed by atoms with van der Waals surface area (Å²) < 4.78 is 6.17. The first-order valence-corrected chi connectivity index (χ1v) is 14.4. The van der Waals surface area contributed by atoms with Crippen LogP contribution in [0.2, 0.25) is 5.02 Å². The summed E-state index contributed by atoms with van der Waals surface area (Å²) in [6, 6.07) is 17.9. The lowest BCUT2D eigenvalue weighted by Gasteiger charge is -2.44. The fourth-order valence-electron chi connectivity index (χ4n) is 6.17. The number of anilines is 1. The summed E-state index contributed by atoms with van der Waals surface area (Å²) in [7, 11) is 0. The number of ether oxygens (including phenoxy) is 1. The number of benzene rings is 3. The highest BCUT2D eigenvalue weighted by Crippen LogP contribution is 2.51. The molecule has 2 aliphatic rings. The van der Waals surface area contributed by atoms with Crippen molar-refractivity contribution in [1.82, 2.24) is 0 Å². The zero-order valence-corrected chi connectivity index (χ0v) is 25.6. The molecular weight excluding hydrogens is 564 g/mol. The molecule has 0 saturated carbocycles. The summed E-state index contributed by atoms with van der Waals surface area (Å²) in [5.74, 6) is 0.121. The van der Waals surface area contributed by atoms with Crippen LogP contribution in [0.3, 0.4) is 0 Å². The smallest absolute Gasteiger partial charge is 0.271 e. The first-order valence-electron chi connectivity index (χ1n) is 14.0. The zero-order chi connectivity index (χ0) is 31.2. The molecule has 0 spiro atoms. The monoisotopic (exact) mass is 596 g/mol. The summed E-state index contributed by atoms with van der Waals surface area (Å²) in [6.45, 7) is 10.2. The highest BCUT2D eigenvalue weighted by atomic mass is 35.5. The number of nitriles is 1. The van der Waals surface area contributed by atoms with Crippen molar-refractivity contribution < 1.29 is 14.5 Å². The minimum atomic E-state index is -0.685. The van der Waals surface area contributed by atoms with Gasteiger partial charge in [0.2, 0.25) is 0 Å². The SMILES string of the molecule is Cc1cc(C)c(C2C(C#N)=C(N)N(c3cccc([N+](=O)[O-])c3)C3=C2C(=O)CC(C)(C)C3)cc1COc1ccc(Cl)cc1C. The fourth-order valence-corrected chi connectivity index (χ4v) is 6.40. The summed E-state index contributed by atoms with van der Waals surface area (Å²) >= 11 is 6.12. The second kappa shape index (κ2) is 11.2. The van der Waals surface area contributed by atoms with E-state index in [0.29, 0.717) is 40.6 Å². The van der Waals surface area contributed by atoms with Crippen LogP contribution in [0, 0.1) is 47.6 Å². The number of nitrogens with zero attached hydrogens (tertiary/aromatic N) is 3. The highest BCUT2D eigenvalue weighted by Gasteiger charge is 2.45. The Hall–Kier alpha value is -4.61. The van der Waals surface area contributed by atoms with Crippen molar-refractivity contribution >= 4 is 28.8 Å². The van der Waals surface area contributed by atoms with Crippen LogP contribution in [0.1, 0.15) is 60.4 Å². The number of carbonyl (C=O) groups is 1. The van der Waals surface area contributed by atoms with Crippen LogP contribution >= 0.6 is 11.6 Å². The standard InChI is InChI=1S/C34H33ClN4O4/c1-19-11-20(2)26(13-22(19)18-43-30-10-9-23(35)12-21(30)3)31-27(17-36)33(37)38(24-7-6-8-25(14-24)39(41)42)28-15-34(4,5)16-29(40)32(28)31/h6-14,31H,15-16,18,37H2,1-5H3. The molecule has 1 atom stereocenters. The van der Waals surface area contributed by atoms with Gasteiger partial charge in [-0.15, -0.1) is 0 Å². The molecule has 8 nitrogen and oxygen atoms in total. The number of ketones is 1. The molecule has 9 heteroatoms. The van der Waals surface area contributed by atoms with Crippen LogP contribution in [0.25, 0.3) is 0 Å². The lowest BCUT2D eigenvalue weighted by molar-refractivity contribution is -0.384. The number of non-ortho nitro benzene ring substituents is 1. The predicted molar refractivity (Wildman–Crippen MR) is 167 cm³/mol.